The molecule has 2 aliphatic rings. The predicted octanol–water partition coefficient (Wildman–Crippen LogP) is 3.68. The molecule has 0 unspecified atom stereocenters. The Hall–Kier alpha value is -2.95. The molecule has 0 radical (unpaired) electrons. The topological polar surface area (TPSA) is 70.6 Å². The van der Waals surface area contributed by atoms with Gasteiger partial charge in [0.05, 0.1) is 5.71 Å². The van der Waals surface area contributed by atoms with Crippen LogP contribution in [0.5, 0.6) is 0 Å². The van der Waals surface area contributed by atoms with Gasteiger partial charge in [-0.15, -0.1) is 0 Å². The number of hydrogen-bond donors (Lipinski definition) is 2. The summed E-state index contributed by atoms with van der Waals surface area (Å²) in [6.07, 6.45) is 2.85. The van der Waals surface area contributed by atoms with E-state index in [0.717, 1.165) is 36.2 Å². The number of nitrogens with one attached hydrogen (secondary N) is 2. The van der Waals surface area contributed by atoms with Crippen LogP contribution < -0.4 is 10.7 Å². The van der Waals surface area contributed by atoms with E-state index in [1.807, 2.05) is 49.4 Å². The Morgan fingerprint density at radius 3 is 2.33 bits per heavy atom. The Bertz CT molecular complexity index is 870. The summed E-state index contributed by atoms with van der Waals surface area (Å²) in [4.78, 5) is 24.1. The molecule has 5 nitrogen and oxygen atoms in total. The van der Waals surface area contributed by atoms with Crippen LogP contribution in [0, 0.1) is 11.8 Å². The van der Waals surface area contributed by atoms with Crippen molar-refractivity contribution >= 4 is 23.2 Å². The molecule has 2 fully saturated rings. The van der Waals surface area contributed by atoms with Crippen LogP contribution >= 0.6 is 0 Å². The summed E-state index contributed by atoms with van der Waals surface area (Å²) in [6.45, 7) is 1.86. The minimum atomic E-state index is -0.0310. The molecule has 0 heterocycles. The van der Waals surface area contributed by atoms with Gasteiger partial charge in [0.25, 0.3) is 0 Å². The highest BCUT2D eigenvalue weighted by atomic mass is 16.2. The smallest absolute Gasteiger partial charge is 0.243 e. The van der Waals surface area contributed by atoms with E-state index in [1.165, 1.54) is 5.56 Å². The standard InChI is InChI=1S/C22H23N3O2/c1-14(15-9-11-18(12-10-15)23-21(26)17-7-8-17)24-25-22(27)20-13-19(20)16-5-3-2-4-6-16/h2-6,9-12,17,19-20H,7-8,13H2,1H3,(H,23,26)(H,25,27)/b24-14+/t19-,20-/m0/s1. The van der Waals surface area contributed by atoms with Gasteiger partial charge in [0.15, 0.2) is 0 Å². The first kappa shape index (κ1) is 17.5. The maximum Gasteiger partial charge on any atom is 0.243 e. The highest BCUT2D eigenvalue weighted by molar-refractivity contribution is 6.00. The zero-order valence-electron chi connectivity index (χ0n) is 15.3. The Labute approximate surface area is 158 Å². The van der Waals surface area contributed by atoms with E-state index in [2.05, 4.69) is 28.0 Å². The number of amides is 2. The van der Waals surface area contributed by atoms with Gasteiger partial charge in [0.2, 0.25) is 11.8 Å². The number of benzene rings is 2. The predicted molar refractivity (Wildman–Crippen MR) is 105 cm³/mol. The monoisotopic (exact) mass is 361 g/mol. The van der Waals surface area contributed by atoms with Gasteiger partial charge in [0.1, 0.15) is 0 Å². The molecule has 0 spiro atoms. The molecule has 0 aromatic heterocycles. The molecular formula is C22H23N3O2. The molecule has 5 heteroatoms. The molecule has 2 aromatic rings. The summed E-state index contributed by atoms with van der Waals surface area (Å²) in [5.41, 5.74) is 6.34. The summed E-state index contributed by atoms with van der Waals surface area (Å²) >= 11 is 0. The third-order valence-electron chi connectivity index (χ3n) is 5.21. The molecule has 2 N–H and O–H groups in total. The minimum absolute atomic E-state index is 0.00367. The number of anilines is 1. The molecule has 2 atom stereocenters. The molecule has 2 amide bonds. The van der Waals surface area contributed by atoms with Crippen molar-refractivity contribution in [1.29, 1.82) is 0 Å². The highest BCUT2D eigenvalue weighted by Gasteiger charge is 2.43. The van der Waals surface area contributed by atoms with Crippen molar-refractivity contribution in [2.45, 2.75) is 32.1 Å². The van der Waals surface area contributed by atoms with E-state index in [9.17, 15) is 9.59 Å². The van der Waals surface area contributed by atoms with Crippen molar-refractivity contribution in [2.24, 2.45) is 16.9 Å². The van der Waals surface area contributed by atoms with Crippen LogP contribution in [-0.2, 0) is 9.59 Å². The number of hydrazone groups is 1. The second-order valence-electron chi connectivity index (χ2n) is 7.37. The third-order valence-corrected chi connectivity index (χ3v) is 5.21. The third kappa shape index (κ3) is 4.25. The molecule has 27 heavy (non-hydrogen) atoms. The lowest BCUT2D eigenvalue weighted by molar-refractivity contribution is -0.122. The van der Waals surface area contributed by atoms with Gasteiger partial charge in [-0.05, 0) is 55.4 Å². The lowest BCUT2D eigenvalue weighted by Gasteiger charge is -2.06. The average Bonchev–Trinajstić information content (AvgIpc) is 3.59. The Morgan fingerprint density at radius 1 is 0.963 bits per heavy atom. The van der Waals surface area contributed by atoms with Gasteiger partial charge in [-0.3, -0.25) is 9.59 Å². The van der Waals surface area contributed by atoms with Crippen molar-refractivity contribution in [3.63, 3.8) is 0 Å². The summed E-state index contributed by atoms with van der Waals surface area (Å²) in [7, 11) is 0. The second kappa shape index (κ2) is 7.35. The largest absolute Gasteiger partial charge is 0.326 e. The number of hydrogen-bond acceptors (Lipinski definition) is 3. The van der Waals surface area contributed by atoms with E-state index < -0.39 is 0 Å². The molecule has 2 aliphatic carbocycles. The molecule has 2 saturated carbocycles. The fraction of sp³-hybridized carbons (Fsp3) is 0.318. The quantitative estimate of drug-likeness (QED) is 0.609. The fourth-order valence-corrected chi connectivity index (χ4v) is 3.22. The van der Waals surface area contributed by atoms with Gasteiger partial charge in [0, 0.05) is 17.5 Å². The lowest BCUT2D eigenvalue weighted by atomic mass is 10.1. The van der Waals surface area contributed by atoms with E-state index in [-0.39, 0.29) is 23.7 Å². The van der Waals surface area contributed by atoms with E-state index in [0.29, 0.717) is 5.92 Å². The molecule has 138 valence electrons. The molecule has 4 rings (SSSR count). The van der Waals surface area contributed by atoms with Gasteiger partial charge in [-0.1, -0.05) is 42.5 Å². The minimum Gasteiger partial charge on any atom is -0.326 e. The summed E-state index contributed by atoms with van der Waals surface area (Å²) in [5, 5.41) is 7.16. The summed E-state index contributed by atoms with van der Waals surface area (Å²) in [6, 6.07) is 17.6. The van der Waals surface area contributed by atoms with Crippen LogP contribution in [0.4, 0.5) is 5.69 Å². The first-order valence-corrected chi connectivity index (χ1v) is 9.42. The fourth-order valence-electron chi connectivity index (χ4n) is 3.22. The maximum atomic E-state index is 12.3. The van der Waals surface area contributed by atoms with Crippen LogP contribution in [0.3, 0.4) is 0 Å². The maximum absolute atomic E-state index is 12.3. The molecule has 2 aromatic carbocycles. The molecule has 0 bridgehead atoms. The SMILES string of the molecule is C/C(=N\NC(=O)[C@H]1C[C@H]1c1ccccc1)c1ccc(NC(=O)C2CC2)cc1. The van der Waals surface area contributed by atoms with E-state index >= 15 is 0 Å². The number of rotatable bonds is 6. The Balaban J connectivity index is 1.31. The summed E-state index contributed by atoms with van der Waals surface area (Å²) < 4.78 is 0. The van der Waals surface area contributed by atoms with E-state index in [4.69, 9.17) is 0 Å². The number of nitrogens with zero attached hydrogens (tertiary/aromatic N) is 1. The summed E-state index contributed by atoms with van der Waals surface area (Å²) in [5.74, 6) is 0.555. The highest BCUT2D eigenvalue weighted by Crippen LogP contribution is 2.47. The van der Waals surface area contributed by atoms with Crippen LogP contribution in [0.25, 0.3) is 0 Å². The van der Waals surface area contributed by atoms with Crippen molar-refractivity contribution in [2.75, 3.05) is 5.32 Å². The zero-order valence-corrected chi connectivity index (χ0v) is 15.3. The molecule has 0 aliphatic heterocycles. The normalized spacial score (nSPS) is 21.4. The lowest BCUT2D eigenvalue weighted by Crippen LogP contribution is -2.21. The van der Waals surface area contributed by atoms with Crippen LogP contribution in [0.1, 0.15) is 43.2 Å². The Morgan fingerprint density at radius 2 is 1.67 bits per heavy atom. The average molecular weight is 361 g/mol. The second-order valence-corrected chi connectivity index (χ2v) is 7.37. The van der Waals surface area contributed by atoms with Gasteiger partial charge < -0.3 is 5.32 Å². The Kier molecular flexibility index (Phi) is 4.75. The zero-order chi connectivity index (χ0) is 18.8. The van der Waals surface area contributed by atoms with E-state index in [1.54, 1.807) is 0 Å². The van der Waals surface area contributed by atoms with Crippen molar-refractivity contribution in [3.05, 3.63) is 65.7 Å². The van der Waals surface area contributed by atoms with Gasteiger partial charge in [-0.25, -0.2) is 5.43 Å². The first-order chi connectivity index (χ1) is 13.1. The van der Waals surface area contributed by atoms with Crippen molar-refractivity contribution in [3.8, 4) is 0 Å². The number of carbonyl (C=O) groups excluding carboxylic acids is 2. The molecule has 0 saturated heterocycles. The van der Waals surface area contributed by atoms with Crippen molar-refractivity contribution < 1.29 is 9.59 Å². The first-order valence-electron chi connectivity index (χ1n) is 9.42. The van der Waals surface area contributed by atoms with Gasteiger partial charge >= 0.3 is 0 Å². The van der Waals surface area contributed by atoms with Crippen LogP contribution in [0.2, 0.25) is 0 Å². The van der Waals surface area contributed by atoms with Crippen LogP contribution in [-0.4, -0.2) is 17.5 Å². The molecular weight excluding hydrogens is 338 g/mol. The number of carbonyl (C=O) groups is 2. The van der Waals surface area contributed by atoms with Crippen LogP contribution in [0.15, 0.2) is 59.7 Å². The van der Waals surface area contributed by atoms with Crippen molar-refractivity contribution in [1.82, 2.24) is 5.43 Å². The van der Waals surface area contributed by atoms with Gasteiger partial charge in [-0.2, -0.15) is 5.10 Å².